The Labute approximate surface area is 154 Å². The highest BCUT2D eigenvalue weighted by Gasteiger charge is 2.17. The molecule has 4 rings (SSSR count). The van der Waals surface area contributed by atoms with E-state index in [1.54, 1.807) is 22.8 Å². The first-order valence-corrected chi connectivity index (χ1v) is 8.36. The Kier molecular flexibility index (Phi) is 3.97. The summed E-state index contributed by atoms with van der Waals surface area (Å²) in [6, 6.07) is 14.8. The third-order valence-electron chi connectivity index (χ3n) is 4.15. The molecule has 0 saturated carbocycles. The summed E-state index contributed by atoms with van der Waals surface area (Å²) in [5, 5.41) is 7.31. The summed E-state index contributed by atoms with van der Waals surface area (Å²) in [5.74, 6) is 0.103. The molecule has 1 amide bonds. The summed E-state index contributed by atoms with van der Waals surface area (Å²) in [6.45, 7) is 2.01. The van der Waals surface area contributed by atoms with E-state index in [-0.39, 0.29) is 5.76 Å². The number of anilines is 1. The lowest BCUT2D eigenvalue weighted by molar-refractivity contribution is 0.0987. The first-order valence-electron chi connectivity index (χ1n) is 7.98. The number of fused-ring (bicyclic) bond motifs is 1. The quantitative estimate of drug-likeness (QED) is 0.581. The van der Waals surface area contributed by atoms with E-state index in [4.69, 9.17) is 16.1 Å². The maximum absolute atomic E-state index is 12.5. The second kappa shape index (κ2) is 6.31. The number of aromatic nitrogens is 3. The van der Waals surface area contributed by atoms with Gasteiger partial charge in [0.2, 0.25) is 11.7 Å². The largest absolute Gasteiger partial charge is 0.350 e. The Balaban J connectivity index is 1.59. The first kappa shape index (κ1) is 16.4. The van der Waals surface area contributed by atoms with Crippen LogP contribution in [0.4, 0.5) is 5.95 Å². The Bertz CT molecular complexity index is 1110. The maximum atomic E-state index is 12.5. The lowest BCUT2D eigenvalue weighted by Crippen LogP contribution is -2.14. The van der Waals surface area contributed by atoms with Gasteiger partial charge in [0.25, 0.3) is 5.91 Å². The monoisotopic (exact) mass is 366 g/mol. The number of nitrogens with one attached hydrogen (secondary N) is 1. The third-order valence-corrected chi connectivity index (χ3v) is 4.38. The van der Waals surface area contributed by atoms with E-state index in [0.717, 1.165) is 16.6 Å². The number of hydrogen-bond acceptors (Lipinski definition) is 4. The molecule has 0 aliphatic rings. The Hall–Kier alpha value is -3.12. The van der Waals surface area contributed by atoms with E-state index in [0.29, 0.717) is 22.2 Å². The van der Waals surface area contributed by atoms with Gasteiger partial charge in [0.05, 0.1) is 11.0 Å². The normalized spacial score (nSPS) is 11.0. The number of rotatable bonds is 3. The average molecular weight is 367 g/mol. The number of carbonyl (C=O) groups excluding carboxylic acids is 1. The van der Waals surface area contributed by atoms with Crippen molar-refractivity contribution in [3.63, 3.8) is 0 Å². The van der Waals surface area contributed by atoms with Gasteiger partial charge in [-0.25, -0.2) is 4.98 Å². The molecular formula is C19H15ClN4O2. The van der Waals surface area contributed by atoms with Crippen LogP contribution in [0.1, 0.15) is 16.1 Å². The average Bonchev–Trinajstić information content (AvgIpc) is 3.21. The number of nitrogens with zero attached hydrogens (tertiary/aromatic N) is 3. The number of carbonyl (C=O) groups is 1. The molecule has 6 nitrogen and oxygen atoms in total. The van der Waals surface area contributed by atoms with Gasteiger partial charge < -0.3 is 9.09 Å². The molecule has 0 radical (unpaired) electrons. The zero-order chi connectivity index (χ0) is 18.3. The maximum Gasteiger partial charge on any atom is 0.296 e. The number of benzene rings is 2. The van der Waals surface area contributed by atoms with E-state index in [9.17, 15) is 4.79 Å². The molecule has 7 heteroatoms. The van der Waals surface area contributed by atoms with Crippen LogP contribution in [-0.4, -0.2) is 20.6 Å². The minimum absolute atomic E-state index is 0.116. The second-order valence-electron chi connectivity index (χ2n) is 6.02. The lowest BCUT2D eigenvalue weighted by atomic mass is 10.1. The van der Waals surface area contributed by atoms with Gasteiger partial charge >= 0.3 is 0 Å². The Morgan fingerprint density at radius 1 is 1.15 bits per heavy atom. The predicted octanol–water partition coefficient (Wildman–Crippen LogP) is 4.44. The fraction of sp³-hybridized carbons (Fsp3) is 0.105. The van der Waals surface area contributed by atoms with Gasteiger partial charge in [-0.1, -0.05) is 46.6 Å². The van der Waals surface area contributed by atoms with Crippen molar-refractivity contribution in [2.75, 3.05) is 5.32 Å². The fourth-order valence-corrected chi connectivity index (χ4v) is 2.86. The van der Waals surface area contributed by atoms with Crippen LogP contribution in [-0.2, 0) is 7.05 Å². The molecule has 2 heterocycles. The highest BCUT2D eigenvalue weighted by atomic mass is 35.5. The summed E-state index contributed by atoms with van der Waals surface area (Å²) < 4.78 is 6.97. The molecule has 26 heavy (non-hydrogen) atoms. The summed E-state index contributed by atoms with van der Waals surface area (Å²) in [6.07, 6.45) is 0. The zero-order valence-corrected chi connectivity index (χ0v) is 14.9. The van der Waals surface area contributed by atoms with E-state index in [1.165, 1.54) is 0 Å². The molecule has 0 fully saturated rings. The fourth-order valence-electron chi connectivity index (χ4n) is 2.69. The smallest absolute Gasteiger partial charge is 0.296 e. The van der Waals surface area contributed by atoms with Crippen LogP contribution in [0, 0.1) is 6.92 Å². The molecule has 0 unspecified atom stereocenters. The molecule has 0 bridgehead atoms. The van der Waals surface area contributed by atoms with Crippen LogP contribution < -0.4 is 5.32 Å². The Morgan fingerprint density at radius 3 is 2.69 bits per heavy atom. The molecule has 1 N–H and O–H groups in total. The molecule has 0 atom stereocenters. The van der Waals surface area contributed by atoms with Gasteiger partial charge in [-0.2, -0.15) is 0 Å². The SMILES string of the molecule is Cc1ccc(-c2cc(C(=O)Nc3nc4cc(Cl)ccc4n3C)on2)cc1. The van der Waals surface area contributed by atoms with Crippen molar-refractivity contribution in [1.82, 2.24) is 14.7 Å². The third kappa shape index (κ3) is 2.95. The van der Waals surface area contributed by atoms with Crippen molar-refractivity contribution in [2.24, 2.45) is 7.05 Å². The van der Waals surface area contributed by atoms with Crippen molar-refractivity contribution in [1.29, 1.82) is 0 Å². The molecule has 0 saturated heterocycles. The molecule has 0 aliphatic carbocycles. The zero-order valence-electron chi connectivity index (χ0n) is 14.2. The van der Waals surface area contributed by atoms with E-state index in [1.807, 2.05) is 44.3 Å². The van der Waals surface area contributed by atoms with Gasteiger partial charge in [-0.3, -0.25) is 10.1 Å². The van der Waals surface area contributed by atoms with E-state index >= 15 is 0 Å². The summed E-state index contributed by atoms with van der Waals surface area (Å²) >= 11 is 5.99. The number of hydrogen-bond donors (Lipinski definition) is 1. The minimum Gasteiger partial charge on any atom is -0.350 e. The summed E-state index contributed by atoms with van der Waals surface area (Å²) in [5.41, 5.74) is 4.20. The Morgan fingerprint density at radius 2 is 1.92 bits per heavy atom. The lowest BCUT2D eigenvalue weighted by Gasteiger charge is -2.02. The van der Waals surface area contributed by atoms with Crippen molar-refractivity contribution >= 4 is 34.5 Å². The van der Waals surface area contributed by atoms with Crippen LogP contribution in [0.3, 0.4) is 0 Å². The van der Waals surface area contributed by atoms with Crippen LogP contribution in [0.15, 0.2) is 53.1 Å². The van der Waals surface area contributed by atoms with Crippen molar-refractivity contribution in [2.45, 2.75) is 6.92 Å². The molecule has 0 aliphatic heterocycles. The number of aryl methyl sites for hydroxylation is 2. The number of imidazole rings is 1. The van der Waals surface area contributed by atoms with Crippen LogP contribution in [0.2, 0.25) is 5.02 Å². The molecule has 0 spiro atoms. The van der Waals surface area contributed by atoms with Crippen molar-refractivity contribution in [3.8, 4) is 11.3 Å². The van der Waals surface area contributed by atoms with Crippen LogP contribution in [0.25, 0.3) is 22.3 Å². The molecule has 130 valence electrons. The van der Waals surface area contributed by atoms with Crippen molar-refractivity contribution < 1.29 is 9.32 Å². The van der Waals surface area contributed by atoms with E-state index < -0.39 is 5.91 Å². The van der Waals surface area contributed by atoms with E-state index in [2.05, 4.69) is 15.5 Å². The van der Waals surface area contributed by atoms with Gasteiger partial charge in [0.1, 0.15) is 5.69 Å². The van der Waals surface area contributed by atoms with Gasteiger partial charge in [-0.05, 0) is 25.1 Å². The first-order chi connectivity index (χ1) is 12.5. The van der Waals surface area contributed by atoms with Crippen LogP contribution >= 0.6 is 11.6 Å². The standard InChI is InChI=1S/C19H15ClN4O2/c1-11-3-5-12(6-4-11)14-10-17(26-23-14)18(25)22-19-21-15-9-13(20)7-8-16(15)24(19)2/h3-10H,1-2H3,(H,21,22,25). The highest BCUT2D eigenvalue weighted by molar-refractivity contribution is 6.31. The second-order valence-corrected chi connectivity index (χ2v) is 6.46. The minimum atomic E-state index is -0.416. The summed E-state index contributed by atoms with van der Waals surface area (Å²) in [4.78, 5) is 16.9. The van der Waals surface area contributed by atoms with Gasteiger partial charge in [0.15, 0.2) is 0 Å². The van der Waals surface area contributed by atoms with Crippen LogP contribution in [0.5, 0.6) is 0 Å². The number of amides is 1. The molecular weight excluding hydrogens is 352 g/mol. The molecule has 2 aromatic carbocycles. The van der Waals surface area contributed by atoms with Gasteiger partial charge in [0, 0.05) is 23.7 Å². The summed E-state index contributed by atoms with van der Waals surface area (Å²) in [7, 11) is 1.82. The highest BCUT2D eigenvalue weighted by Crippen LogP contribution is 2.23. The van der Waals surface area contributed by atoms with Gasteiger partial charge in [-0.15, -0.1) is 0 Å². The number of halogens is 1. The topological polar surface area (TPSA) is 73.0 Å². The van der Waals surface area contributed by atoms with Crippen molar-refractivity contribution in [3.05, 3.63) is 64.9 Å². The predicted molar refractivity (Wildman–Crippen MR) is 100 cm³/mol. The molecule has 2 aromatic heterocycles. The molecule has 4 aromatic rings.